The summed E-state index contributed by atoms with van der Waals surface area (Å²) < 4.78 is 0. The van der Waals surface area contributed by atoms with Crippen molar-refractivity contribution in [3.05, 3.63) is 0 Å². The van der Waals surface area contributed by atoms with Crippen LogP contribution < -0.4 is 5.32 Å². The van der Waals surface area contributed by atoms with Crippen molar-refractivity contribution in [2.45, 2.75) is 65.6 Å². The van der Waals surface area contributed by atoms with Gasteiger partial charge in [-0.15, -0.1) is 0 Å². The van der Waals surface area contributed by atoms with E-state index in [0.717, 1.165) is 6.42 Å². The van der Waals surface area contributed by atoms with E-state index in [9.17, 15) is 9.59 Å². The third-order valence-electron chi connectivity index (χ3n) is 2.78. The third kappa shape index (κ3) is 5.49. The van der Waals surface area contributed by atoms with Crippen molar-refractivity contribution in [2.75, 3.05) is 6.54 Å². The fourth-order valence-corrected chi connectivity index (χ4v) is 2.08. The van der Waals surface area contributed by atoms with Gasteiger partial charge in [0, 0.05) is 12.1 Å². The molecule has 1 unspecified atom stereocenters. The number of nitrogens with one attached hydrogen (secondary N) is 1. The predicted octanol–water partition coefficient (Wildman–Crippen LogP) is 1.47. The summed E-state index contributed by atoms with van der Waals surface area (Å²) in [6, 6.07) is -0.400. The standard InChI is InChI=1S/C13H26N2O3/c1-6-7-11(13(17)18)14-8-12(16)15(9(2)3)10(4)5/h9-11,14H,6-8H2,1-5H3,(H,17,18). The molecule has 5 heteroatoms. The van der Waals surface area contributed by atoms with Crippen molar-refractivity contribution < 1.29 is 14.7 Å². The normalized spacial score (nSPS) is 12.8. The van der Waals surface area contributed by atoms with E-state index in [1.807, 2.05) is 34.6 Å². The smallest absolute Gasteiger partial charge is 0.320 e. The summed E-state index contributed by atoms with van der Waals surface area (Å²) in [6.45, 7) is 9.83. The van der Waals surface area contributed by atoms with Crippen molar-refractivity contribution in [3.63, 3.8) is 0 Å². The van der Waals surface area contributed by atoms with Gasteiger partial charge in [0.25, 0.3) is 0 Å². The minimum absolute atomic E-state index is 0.0534. The van der Waals surface area contributed by atoms with Gasteiger partial charge >= 0.3 is 5.97 Å². The molecule has 18 heavy (non-hydrogen) atoms. The molecule has 0 heterocycles. The second-order valence-electron chi connectivity index (χ2n) is 5.05. The molecule has 0 aliphatic carbocycles. The lowest BCUT2D eigenvalue weighted by atomic mass is 10.1. The average molecular weight is 258 g/mol. The first kappa shape index (κ1) is 16.9. The maximum absolute atomic E-state index is 12.0. The van der Waals surface area contributed by atoms with Gasteiger partial charge in [0.2, 0.25) is 5.91 Å². The largest absolute Gasteiger partial charge is 0.480 e. The minimum atomic E-state index is -0.898. The van der Waals surface area contributed by atoms with Gasteiger partial charge in [0.15, 0.2) is 0 Å². The molecule has 0 aromatic carbocycles. The first-order valence-corrected chi connectivity index (χ1v) is 6.58. The number of carbonyl (C=O) groups is 2. The quantitative estimate of drug-likeness (QED) is 0.692. The highest BCUT2D eigenvalue weighted by atomic mass is 16.4. The molecular weight excluding hydrogens is 232 g/mol. The van der Waals surface area contributed by atoms with E-state index in [0.29, 0.717) is 6.42 Å². The van der Waals surface area contributed by atoms with Crippen molar-refractivity contribution in [1.29, 1.82) is 0 Å². The maximum Gasteiger partial charge on any atom is 0.320 e. The maximum atomic E-state index is 12.0. The van der Waals surface area contributed by atoms with Crippen LogP contribution in [-0.2, 0) is 9.59 Å². The predicted molar refractivity (Wildman–Crippen MR) is 71.5 cm³/mol. The van der Waals surface area contributed by atoms with Gasteiger partial charge < -0.3 is 10.0 Å². The molecule has 0 bridgehead atoms. The molecule has 0 aromatic rings. The van der Waals surface area contributed by atoms with Crippen LogP contribution in [0.1, 0.15) is 47.5 Å². The SMILES string of the molecule is CCCC(NCC(=O)N(C(C)C)C(C)C)C(=O)O. The van der Waals surface area contributed by atoms with Crippen LogP contribution in [0.2, 0.25) is 0 Å². The molecule has 0 aromatic heterocycles. The van der Waals surface area contributed by atoms with Gasteiger partial charge in [-0.3, -0.25) is 14.9 Å². The van der Waals surface area contributed by atoms with E-state index >= 15 is 0 Å². The van der Waals surface area contributed by atoms with Gasteiger partial charge in [0.1, 0.15) is 6.04 Å². The van der Waals surface area contributed by atoms with Gasteiger partial charge in [-0.2, -0.15) is 0 Å². The number of carboxylic acid groups (broad SMARTS) is 1. The monoisotopic (exact) mass is 258 g/mol. The Morgan fingerprint density at radius 3 is 2.00 bits per heavy atom. The number of nitrogens with zero attached hydrogens (tertiary/aromatic N) is 1. The third-order valence-corrected chi connectivity index (χ3v) is 2.78. The summed E-state index contributed by atoms with van der Waals surface area (Å²) in [7, 11) is 0. The Balaban J connectivity index is 4.41. The molecule has 106 valence electrons. The highest BCUT2D eigenvalue weighted by Gasteiger charge is 2.22. The van der Waals surface area contributed by atoms with E-state index in [1.54, 1.807) is 4.90 Å². The summed E-state index contributed by atoms with van der Waals surface area (Å²) in [4.78, 5) is 24.7. The van der Waals surface area contributed by atoms with Crippen LogP contribution in [0, 0.1) is 0 Å². The van der Waals surface area contributed by atoms with Crippen molar-refractivity contribution >= 4 is 11.9 Å². The van der Waals surface area contributed by atoms with Crippen molar-refractivity contribution in [1.82, 2.24) is 10.2 Å². The number of hydrogen-bond donors (Lipinski definition) is 2. The number of aliphatic carboxylic acids is 1. The molecule has 0 spiro atoms. The van der Waals surface area contributed by atoms with Crippen LogP contribution >= 0.6 is 0 Å². The molecule has 1 amide bonds. The van der Waals surface area contributed by atoms with Gasteiger partial charge in [-0.1, -0.05) is 13.3 Å². The van der Waals surface area contributed by atoms with Crippen LogP contribution in [0.15, 0.2) is 0 Å². The number of hydrogen-bond acceptors (Lipinski definition) is 3. The van der Waals surface area contributed by atoms with Crippen LogP contribution in [0.4, 0.5) is 0 Å². The van der Waals surface area contributed by atoms with Crippen LogP contribution in [0.25, 0.3) is 0 Å². The molecule has 0 radical (unpaired) electrons. The molecule has 5 nitrogen and oxygen atoms in total. The fourth-order valence-electron chi connectivity index (χ4n) is 2.08. The van der Waals surface area contributed by atoms with Gasteiger partial charge in [-0.25, -0.2) is 0 Å². The van der Waals surface area contributed by atoms with Crippen molar-refractivity contribution in [3.8, 4) is 0 Å². The molecule has 0 saturated heterocycles. The fraction of sp³-hybridized carbons (Fsp3) is 0.846. The highest BCUT2D eigenvalue weighted by Crippen LogP contribution is 2.05. The summed E-state index contributed by atoms with van der Waals surface area (Å²) >= 11 is 0. The number of carbonyl (C=O) groups excluding carboxylic acids is 1. The summed E-state index contributed by atoms with van der Waals surface area (Å²) in [5.41, 5.74) is 0. The first-order chi connectivity index (χ1) is 8.31. The zero-order chi connectivity index (χ0) is 14.3. The Morgan fingerprint density at radius 1 is 1.17 bits per heavy atom. The zero-order valence-electron chi connectivity index (χ0n) is 12.1. The molecular formula is C13H26N2O3. The molecule has 0 fully saturated rings. The Kier molecular flexibility index (Phi) is 7.59. The van der Waals surface area contributed by atoms with Crippen LogP contribution in [-0.4, -0.2) is 46.6 Å². The molecule has 0 rings (SSSR count). The van der Waals surface area contributed by atoms with Gasteiger partial charge in [-0.05, 0) is 34.1 Å². The number of amides is 1. The molecule has 0 saturated carbocycles. The molecule has 1 atom stereocenters. The van der Waals surface area contributed by atoms with Gasteiger partial charge in [0.05, 0.1) is 6.54 Å². The van der Waals surface area contributed by atoms with E-state index in [-0.39, 0.29) is 24.5 Å². The Labute approximate surface area is 110 Å². The number of rotatable bonds is 8. The van der Waals surface area contributed by atoms with E-state index < -0.39 is 12.0 Å². The van der Waals surface area contributed by atoms with E-state index in [1.165, 1.54) is 0 Å². The zero-order valence-corrected chi connectivity index (χ0v) is 12.1. The van der Waals surface area contributed by atoms with E-state index in [4.69, 9.17) is 5.11 Å². The second-order valence-corrected chi connectivity index (χ2v) is 5.05. The molecule has 2 N–H and O–H groups in total. The van der Waals surface area contributed by atoms with E-state index in [2.05, 4.69) is 5.32 Å². The summed E-state index contributed by atoms with van der Waals surface area (Å²) in [5.74, 6) is -0.951. The molecule has 0 aliphatic rings. The minimum Gasteiger partial charge on any atom is -0.480 e. The lowest BCUT2D eigenvalue weighted by Crippen LogP contribution is -2.49. The Morgan fingerprint density at radius 2 is 1.67 bits per heavy atom. The lowest BCUT2D eigenvalue weighted by Gasteiger charge is -2.31. The first-order valence-electron chi connectivity index (χ1n) is 6.58. The lowest BCUT2D eigenvalue weighted by molar-refractivity contribution is -0.140. The summed E-state index contributed by atoms with van der Waals surface area (Å²) in [6.07, 6.45) is 1.31. The van der Waals surface area contributed by atoms with Crippen LogP contribution in [0.5, 0.6) is 0 Å². The highest BCUT2D eigenvalue weighted by molar-refractivity contribution is 5.80. The summed E-state index contributed by atoms with van der Waals surface area (Å²) in [5, 5.41) is 11.8. The topological polar surface area (TPSA) is 69.6 Å². The van der Waals surface area contributed by atoms with Crippen LogP contribution in [0.3, 0.4) is 0 Å². The second kappa shape index (κ2) is 8.08. The Bertz CT molecular complexity index is 269. The molecule has 0 aliphatic heterocycles. The Hall–Kier alpha value is -1.10. The average Bonchev–Trinajstić information content (AvgIpc) is 2.22. The van der Waals surface area contributed by atoms with Crippen molar-refractivity contribution in [2.24, 2.45) is 0 Å². The number of carboxylic acids is 1.